The molecule has 0 amide bonds. The standard InChI is InChI=1S/C24H26N4O4/c1-16(2)23-19(15-28(27-23)22-11-10-18(13-25)14-26-22)7-6-12-31-24-20(30-4)8-5-9-21(24)32-17(3)29/h5,8-11,14-16H,6-7,12H2,1-4H3. The third-order valence-electron chi connectivity index (χ3n) is 4.73. The molecule has 0 radical (unpaired) electrons. The summed E-state index contributed by atoms with van der Waals surface area (Å²) in [7, 11) is 1.54. The Balaban J connectivity index is 1.70. The van der Waals surface area contributed by atoms with Gasteiger partial charge in [-0.25, -0.2) is 9.67 Å². The van der Waals surface area contributed by atoms with Gasteiger partial charge in [0.1, 0.15) is 6.07 Å². The number of pyridine rings is 1. The van der Waals surface area contributed by atoms with Crippen LogP contribution in [0.25, 0.3) is 5.82 Å². The van der Waals surface area contributed by atoms with E-state index < -0.39 is 5.97 Å². The van der Waals surface area contributed by atoms with Crippen LogP contribution in [0.1, 0.15) is 49.9 Å². The molecule has 3 rings (SSSR count). The van der Waals surface area contributed by atoms with Crippen LogP contribution in [0.15, 0.2) is 42.7 Å². The van der Waals surface area contributed by atoms with Crippen molar-refractivity contribution in [2.24, 2.45) is 0 Å². The molecule has 3 aromatic rings. The summed E-state index contributed by atoms with van der Waals surface area (Å²) in [6, 6.07) is 10.7. The van der Waals surface area contributed by atoms with Gasteiger partial charge in [0.25, 0.3) is 0 Å². The van der Waals surface area contributed by atoms with Gasteiger partial charge in [-0.15, -0.1) is 0 Å². The van der Waals surface area contributed by atoms with Crippen LogP contribution in [0.5, 0.6) is 17.2 Å². The zero-order valence-electron chi connectivity index (χ0n) is 18.7. The number of nitrogens with zero attached hydrogens (tertiary/aromatic N) is 4. The molecule has 0 saturated heterocycles. The van der Waals surface area contributed by atoms with Gasteiger partial charge >= 0.3 is 5.97 Å². The summed E-state index contributed by atoms with van der Waals surface area (Å²) in [5, 5.41) is 13.7. The van der Waals surface area contributed by atoms with Crippen molar-refractivity contribution in [1.82, 2.24) is 14.8 Å². The van der Waals surface area contributed by atoms with Crippen molar-refractivity contribution in [3.05, 3.63) is 59.5 Å². The third-order valence-corrected chi connectivity index (χ3v) is 4.73. The van der Waals surface area contributed by atoms with E-state index in [2.05, 4.69) is 24.9 Å². The summed E-state index contributed by atoms with van der Waals surface area (Å²) in [4.78, 5) is 15.7. The highest BCUT2D eigenvalue weighted by molar-refractivity contribution is 5.71. The maximum atomic E-state index is 11.4. The largest absolute Gasteiger partial charge is 0.493 e. The lowest BCUT2D eigenvalue weighted by Gasteiger charge is -2.14. The smallest absolute Gasteiger partial charge is 0.308 e. The van der Waals surface area contributed by atoms with E-state index in [-0.39, 0.29) is 5.92 Å². The molecule has 0 saturated carbocycles. The number of carbonyl (C=O) groups excluding carboxylic acids is 1. The SMILES string of the molecule is COc1cccc(OC(C)=O)c1OCCCc1cn(-c2ccc(C#N)cn2)nc1C(C)C. The minimum Gasteiger partial charge on any atom is -0.493 e. The number of ether oxygens (including phenoxy) is 3. The van der Waals surface area contributed by atoms with Crippen LogP contribution in [-0.4, -0.2) is 34.5 Å². The molecule has 0 N–H and O–H groups in total. The van der Waals surface area contributed by atoms with Crippen LogP contribution < -0.4 is 14.2 Å². The van der Waals surface area contributed by atoms with E-state index in [0.717, 1.165) is 24.1 Å². The monoisotopic (exact) mass is 434 g/mol. The summed E-state index contributed by atoms with van der Waals surface area (Å²) in [6.07, 6.45) is 4.98. The molecule has 0 aliphatic rings. The minimum atomic E-state index is -0.423. The topological polar surface area (TPSA) is 99.3 Å². The Labute approximate surface area is 187 Å². The van der Waals surface area contributed by atoms with E-state index in [1.54, 1.807) is 42.1 Å². The first kappa shape index (κ1) is 22.8. The van der Waals surface area contributed by atoms with Gasteiger partial charge in [-0.2, -0.15) is 10.4 Å². The summed E-state index contributed by atoms with van der Waals surface area (Å²) in [5.41, 5.74) is 2.61. The number of carbonyl (C=O) groups is 1. The molecule has 0 unspecified atom stereocenters. The summed E-state index contributed by atoms with van der Waals surface area (Å²) in [6.45, 7) is 5.95. The zero-order valence-corrected chi connectivity index (χ0v) is 18.7. The van der Waals surface area contributed by atoms with E-state index in [1.165, 1.54) is 13.1 Å². The molecule has 0 aliphatic heterocycles. The Kier molecular flexibility index (Phi) is 7.45. The average molecular weight is 434 g/mol. The number of hydrogen-bond acceptors (Lipinski definition) is 7. The van der Waals surface area contributed by atoms with Crippen molar-refractivity contribution in [2.75, 3.05) is 13.7 Å². The number of rotatable bonds is 9. The minimum absolute atomic E-state index is 0.246. The predicted octanol–water partition coefficient (Wildman–Crippen LogP) is 4.21. The van der Waals surface area contributed by atoms with Crippen molar-refractivity contribution in [3.8, 4) is 29.1 Å². The fourth-order valence-corrected chi connectivity index (χ4v) is 3.28. The number of hydrogen-bond donors (Lipinski definition) is 0. The van der Waals surface area contributed by atoms with E-state index in [4.69, 9.17) is 24.6 Å². The second-order valence-electron chi connectivity index (χ2n) is 7.49. The third kappa shape index (κ3) is 5.43. The van der Waals surface area contributed by atoms with Gasteiger partial charge in [0.05, 0.1) is 25.0 Å². The average Bonchev–Trinajstić information content (AvgIpc) is 3.21. The first-order valence-electron chi connectivity index (χ1n) is 10.4. The molecule has 0 spiro atoms. The van der Waals surface area contributed by atoms with Crippen molar-refractivity contribution < 1.29 is 19.0 Å². The van der Waals surface area contributed by atoms with Gasteiger partial charge < -0.3 is 14.2 Å². The van der Waals surface area contributed by atoms with Gasteiger partial charge in [0, 0.05) is 19.3 Å². The maximum Gasteiger partial charge on any atom is 0.308 e. The molecule has 166 valence electrons. The van der Waals surface area contributed by atoms with Gasteiger partial charge in [-0.3, -0.25) is 4.79 Å². The summed E-state index contributed by atoms with van der Waals surface area (Å²) in [5.74, 6) is 1.73. The highest BCUT2D eigenvalue weighted by Crippen LogP contribution is 2.37. The molecule has 8 nitrogen and oxygen atoms in total. The lowest BCUT2D eigenvalue weighted by atomic mass is 10.0. The number of benzene rings is 1. The Bertz CT molecular complexity index is 1110. The quantitative estimate of drug-likeness (QED) is 0.283. The first-order valence-corrected chi connectivity index (χ1v) is 10.4. The predicted molar refractivity (Wildman–Crippen MR) is 118 cm³/mol. The van der Waals surface area contributed by atoms with Gasteiger partial charge in [0.2, 0.25) is 5.75 Å². The zero-order chi connectivity index (χ0) is 23.1. The van der Waals surface area contributed by atoms with Crippen LogP contribution in [0.3, 0.4) is 0 Å². The number of aryl methyl sites for hydroxylation is 1. The van der Waals surface area contributed by atoms with E-state index in [1.807, 2.05) is 6.20 Å². The second kappa shape index (κ2) is 10.4. The van der Waals surface area contributed by atoms with Gasteiger partial charge in [-0.1, -0.05) is 19.9 Å². The number of methoxy groups -OCH3 is 1. The van der Waals surface area contributed by atoms with Crippen LogP contribution >= 0.6 is 0 Å². The highest BCUT2D eigenvalue weighted by Gasteiger charge is 2.16. The summed E-state index contributed by atoms with van der Waals surface area (Å²) < 4.78 is 18.3. The summed E-state index contributed by atoms with van der Waals surface area (Å²) >= 11 is 0. The lowest BCUT2D eigenvalue weighted by molar-refractivity contribution is -0.132. The normalized spacial score (nSPS) is 10.6. The van der Waals surface area contributed by atoms with Gasteiger partial charge in [-0.05, 0) is 48.6 Å². The van der Waals surface area contributed by atoms with Gasteiger partial charge in [0.15, 0.2) is 17.3 Å². The van der Waals surface area contributed by atoms with Crippen molar-refractivity contribution in [1.29, 1.82) is 5.26 Å². The van der Waals surface area contributed by atoms with Crippen molar-refractivity contribution in [3.63, 3.8) is 0 Å². The molecular weight excluding hydrogens is 408 g/mol. The Hall–Kier alpha value is -3.86. The highest BCUT2D eigenvalue weighted by atomic mass is 16.6. The molecule has 0 fully saturated rings. The second-order valence-corrected chi connectivity index (χ2v) is 7.49. The number of esters is 1. The maximum absolute atomic E-state index is 11.4. The fourth-order valence-electron chi connectivity index (χ4n) is 3.28. The molecule has 8 heteroatoms. The molecule has 0 atom stereocenters. The van der Waals surface area contributed by atoms with E-state index in [0.29, 0.717) is 35.2 Å². The molecule has 2 heterocycles. The Morgan fingerprint density at radius 2 is 2.00 bits per heavy atom. The Morgan fingerprint density at radius 3 is 2.62 bits per heavy atom. The van der Waals surface area contributed by atoms with Crippen molar-refractivity contribution in [2.45, 2.75) is 39.5 Å². The molecule has 0 aliphatic carbocycles. The number of para-hydroxylation sites is 1. The molecule has 32 heavy (non-hydrogen) atoms. The van der Waals surface area contributed by atoms with E-state index in [9.17, 15) is 4.79 Å². The lowest BCUT2D eigenvalue weighted by Crippen LogP contribution is -2.07. The first-order chi connectivity index (χ1) is 15.4. The number of aromatic nitrogens is 3. The van der Waals surface area contributed by atoms with Crippen LogP contribution in [0.2, 0.25) is 0 Å². The van der Waals surface area contributed by atoms with Crippen LogP contribution in [-0.2, 0) is 11.2 Å². The molecular formula is C24H26N4O4. The van der Waals surface area contributed by atoms with Crippen LogP contribution in [0, 0.1) is 11.3 Å². The number of nitriles is 1. The molecule has 0 bridgehead atoms. The van der Waals surface area contributed by atoms with Crippen molar-refractivity contribution >= 4 is 5.97 Å². The molecule has 1 aromatic carbocycles. The molecule has 2 aromatic heterocycles. The van der Waals surface area contributed by atoms with E-state index >= 15 is 0 Å². The van der Waals surface area contributed by atoms with Crippen LogP contribution in [0.4, 0.5) is 0 Å². The fraction of sp³-hybridized carbons (Fsp3) is 0.333. The Morgan fingerprint density at radius 1 is 1.22 bits per heavy atom.